The van der Waals surface area contributed by atoms with Crippen molar-refractivity contribution in [2.75, 3.05) is 39.3 Å². The van der Waals surface area contributed by atoms with E-state index in [0.29, 0.717) is 6.04 Å². The molecule has 0 bridgehead atoms. The van der Waals surface area contributed by atoms with Crippen LogP contribution in [0, 0.1) is 0 Å². The molecule has 5 heteroatoms. The van der Waals surface area contributed by atoms with Crippen LogP contribution in [0.3, 0.4) is 0 Å². The second kappa shape index (κ2) is 8.10. The molecular formula is C19H29N3O2. The van der Waals surface area contributed by atoms with E-state index in [1.165, 1.54) is 5.56 Å². The molecule has 1 aromatic rings. The van der Waals surface area contributed by atoms with Crippen molar-refractivity contribution in [3.05, 3.63) is 35.9 Å². The molecule has 2 aliphatic rings. The first-order valence-corrected chi connectivity index (χ1v) is 9.05. The number of β-amino-alcohol motifs (C(OH)–C–C–N with tert-alkyl or cyclic N) is 1. The topological polar surface area (TPSA) is 47.0 Å². The van der Waals surface area contributed by atoms with E-state index in [2.05, 4.69) is 34.1 Å². The number of carbonyl (C=O) groups excluding carboxylic acids is 1. The molecule has 24 heavy (non-hydrogen) atoms. The van der Waals surface area contributed by atoms with E-state index in [9.17, 15) is 9.90 Å². The van der Waals surface area contributed by atoms with Gasteiger partial charge >= 0.3 is 0 Å². The van der Waals surface area contributed by atoms with Crippen LogP contribution >= 0.6 is 0 Å². The minimum absolute atomic E-state index is 0.179. The van der Waals surface area contributed by atoms with Crippen molar-refractivity contribution < 1.29 is 9.90 Å². The predicted molar refractivity (Wildman–Crippen MR) is 94.6 cm³/mol. The summed E-state index contributed by atoms with van der Waals surface area (Å²) in [6.07, 6.45) is 1.73. The average Bonchev–Trinajstić information content (AvgIpc) is 2.77. The number of aliphatic hydroxyl groups is 1. The molecule has 2 heterocycles. The largest absolute Gasteiger partial charge is 0.390 e. The molecule has 0 aromatic heterocycles. The number of aliphatic hydroxyl groups excluding tert-OH is 1. The lowest BCUT2D eigenvalue weighted by atomic mass is 10.0. The van der Waals surface area contributed by atoms with Gasteiger partial charge in [-0.25, -0.2) is 0 Å². The van der Waals surface area contributed by atoms with Crippen LogP contribution in [0.25, 0.3) is 0 Å². The highest BCUT2D eigenvalue weighted by atomic mass is 16.3. The van der Waals surface area contributed by atoms with Gasteiger partial charge in [-0.05, 0) is 18.4 Å². The summed E-state index contributed by atoms with van der Waals surface area (Å²) in [4.78, 5) is 18.2. The Morgan fingerprint density at radius 1 is 1.08 bits per heavy atom. The zero-order chi connectivity index (χ0) is 16.9. The number of piperidine rings is 1. The number of rotatable bonds is 3. The van der Waals surface area contributed by atoms with Crippen molar-refractivity contribution in [3.8, 4) is 0 Å². The first kappa shape index (κ1) is 17.4. The van der Waals surface area contributed by atoms with E-state index in [0.717, 1.165) is 58.7 Å². The van der Waals surface area contributed by atoms with Gasteiger partial charge in [-0.1, -0.05) is 30.3 Å². The molecule has 1 atom stereocenters. The summed E-state index contributed by atoms with van der Waals surface area (Å²) in [5, 5.41) is 10.4. The zero-order valence-electron chi connectivity index (χ0n) is 14.6. The maximum atomic E-state index is 11.5. The highest BCUT2D eigenvalue weighted by Gasteiger charge is 2.29. The van der Waals surface area contributed by atoms with Crippen LogP contribution < -0.4 is 0 Å². The summed E-state index contributed by atoms with van der Waals surface area (Å²) in [6.45, 7) is 7.70. The lowest BCUT2D eigenvalue weighted by molar-refractivity contribution is -0.130. The molecule has 0 radical (unpaired) electrons. The van der Waals surface area contributed by atoms with Gasteiger partial charge < -0.3 is 10.0 Å². The number of amides is 1. The number of benzene rings is 1. The van der Waals surface area contributed by atoms with E-state index in [1.807, 2.05) is 11.0 Å². The molecule has 1 amide bonds. The molecule has 132 valence electrons. The standard InChI is InChI=1S/C19H29N3O2/c1-16(23)21-9-7-18(8-10-21)22-12-11-20(14-19(24)15-22)13-17-5-3-2-4-6-17/h2-6,18-19,24H,7-15H2,1H3. The van der Waals surface area contributed by atoms with Gasteiger partial charge in [0, 0.05) is 58.8 Å². The lowest BCUT2D eigenvalue weighted by Gasteiger charge is -2.38. The molecule has 2 aliphatic heterocycles. The molecule has 2 fully saturated rings. The summed E-state index contributed by atoms with van der Waals surface area (Å²) in [5.74, 6) is 0.179. The molecule has 0 saturated carbocycles. The molecule has 1 aromatic carbocycles. The van der Waals surface area contributed by atoms with Crippen molar-refractivity contribution in [1.82, 2.24) is 14.7 Å². The van der Waals surface area contributed by atoms with Gasteiger partial charge in [0.1, 0.15) is 0 Å². The van der Waals surface area contributed by atoms with E-state index in [1.54, 1.807) is 6.92 Å². The van der Waals surface area contributed by atoms with Crippen LogP contribution in [-0.2, 0) is 11.3 Å². The van der Waals surface area contributed by atoms with Crippen molar-refractivity contribution in [3.63, 3.8) is 0 Å². The van der Waals surface area contributed by atoms with Gasteiger partial charge in [0.15, 0.2) is 0 Å². The second-order valence-corrected chi connectivity index (χ2v) is 7.11. The molecule has 5 nitrogen and oxygen atoms in total. The van der Waals surface area contributed by atoms with E-state index in [4.69, 9.17) is 0 Å². The van der Waals surface area contributed by atoms with Gasteiger partial charge in [0.2, 0.25) is 5.91 Å². The zero-order valence-corrected chi connectivity index (χ0v) is 14.6. The Balaban J connectivity index is 1.54. The number of nitrogens with zero attached hydrogens (tertiary/aromatic N) is 3. The van der Waals surface area contributed by atoms with E-state index < -0.39 is 0 Å². The van der Waals surface area contributed by atoms with Crippen LogP contribution in [0.1, 0.15) is 25.3 Å². The molecular weight excluding hydrogens is 302 g/mol. The van der Waals surface area contributed by atoms with Crippen molar-refractivity contribution in [1.29, 1.82) is 0 Å². The highest BCUT2D eigenvalue weighted by Crippen LogP contribution is 2.19. The monoisotopic (exact) mass is 331 g/mol. The second-order valence-electron chi connectivity index (χ2n) is 7.11. The third-order valence-electron chi connectivity index (χ3n) is 5.29. The SMILES string of the molecule is CC(=O)N1CCC(N2CCN(Cc3ccccc3)CC(O)C2)CC1. The van der Waals surface area contributed by atoms with E-state index >= 15 is 0 Å². The van der Waals surface area contributed by atoms with Crippen LogP contribution in [0.5, 0.6) is 0 Å². The van der Waals surface area contributed by atoms with Crippen LogP contribution in [0.2, 0.25) is 0 Å². The fraction of sp³-hybridized carbons (Fsp3) is 0.632. The van der Waals surface area contributed by atoms with Gasteiger partial charge in [0.25, 0.3) is 0 Å². The van der Waals surface area contributed by atoms with Crippen molar-refractivity contribution in [2.24, 2.45) is 0 Å². The first-order valence-electron chi connectivity index (χ1n) is 9.05. The Kier molecular flexibility index (Phi) is 5.87. The van der Waals surface area contributed by atoms with Gasteiger partial charge in [-0.2, -0.15) is 0 Å². The van der Waals surface area contributed by atoms with Gasteiger partial charge in [-0.15, -0.1) is 0 Å². The Morgan fingerprint density at radius 2 is 1.79 bits per heavy atom. The fourth-order valence-corrected chi connectivity index (χ4v) is 3.94. The first-order chi connectivity index (χ1) is 11.6. The molecule has 0 spiro atoms. The molecule has 2 saturated heterocycles. The molecule has 3 rings (SSSR count). The normalized spacial score (nSPS) is 24.8. The summed E-state index contributed by atoms with van der Waals surface area (Å²) < 4.78 is 0. The highest BCUT2D eigenvalue weighted by molar-refractivity contribution is 5.73. The van der Waals surface area contributed by atoms with Gasteiger partial charge in [-0.3, -0.25) is 14.6 Å². The quantitative estimate of drug-likeness (QED) is 0.903. The van der Waals surface area contributed by atoms with Crippen LogP contribution in [0.4, 0.5) is 0 Å². The minimum atomic E-state index is -0.304. The summed E-state index contributed by atoms with van der Waals surface area (Å²) in [7, 11) is 0. The third-order valence-corrected chi connectivity index (χ3v) is 5.29. The lowest BCUT2D eigenvalue weighted by Crippen LogP contribution is -2.48. The maximum absolute atomic E-state index is 11.5. The number of likely N-dealkylation sites (tertiary alicyclic amines) is 1. The summed E-state index contributed by atoms with van der Waals surface area (Å²) in [5.41, 5.74) is 1.30. The number of hydrogen-bond acceptors (Lipinski definition) is 4. The summed E-state index contributed by atoms with van der Waals surface area (Å²) in [6, 6.07) is 11.0. The van der Waals surface area contributed by atoms with Gasteiger partial charge in [0.05, 0.1) is 6.10 Å². The smallest absolute Gasteiger partial charge is 0.219 e. The Hall–Kier alpha value is -1.43. The van der Waals surface area contributed by atoms with E-state index in [-0.39, 0.29) is 12.0 Å². The fourth-order valence-electron chi connectivity index (χ4n) is 3.94. The number of hydrogen-bond donors (Lipinski definition) is 1. The van der Waals surface area contributed by atoms with Crippen LogP contribution in [0.15, 0.2) is 30.3 Å². The summed E-state index contributed by atoms with van der Waals surface area (Å²) >= 11 is 0. The molecule has 1 unspecified atom stereocenters. The average molecular weight is 331 g/mol. The molecule has 0 aliphatic carbocycles. The Morgan fingerprint density at radius 3 is 2.46 bits per heavy atom. The molecule has 1 N–H and O–H groups in total. The maximum Gasteiger partial charge on any atom is 0.219 e. The number of carbonyl (C=O) groups is 1. The minimum Gasteiger partial charge on any atom is -0.390 e. The Labute approximate surface area is 144 Å². The third kappa shape index (κ3) is 4.56. The van der Waals surface area contributed by atoms with Crippen LogP contribution in [-0.4, -0.2) is 77.1 Å². The van der Waals surface area contributed by atoms with Crippen molar-refractivity contribution >= 4 is 5.91 Å². The predicted octanol–water partition coefficient (Wildman–Crippen LogP) is 1.18. The Bertz CT molecular complexity index is 529. The van der Waals surface area contributed by atoms with Crippen molar-refractivity contribution in [2.45, 2.75) is 38.5 Å².